The predicted molar refractivity (Wildman–Crippen MR) is 54.3 cm³/mol. The molecule has 0 bridgehead atoms. The highest BCUT2D eigenvalue weighted by molar-refractivity contribution is 4.68. The number of ether oxygens (including phenoxy) is 1. The van der Waals surface area contributed by atoms with E-state index in [0.717, 1.165) is 25.7 Å². The van der Waals surface area contributed by atoms with Crippen LogP contribution in [-0.2, 0) is 4.74 Å². The highest BCUT2D eigenvalue weighted by atomic mass is 16.5. The van der Waals surface area contributed by atoms with Gasteiger partial charge in [-0.25, -0.2) is 0 Å². The molecular weight excluding hydrogens is 148 g/mol. The van der Waals surface area contributed by atoms with Gasteiger partial charge in [-0.05, 0) is 32.6 Å². The van der Waals surface area contributed by atoms with Gasteiger partial charge in [0.25, 0.3) is 0 Å². The number of rotatable bonds is 7. The molecule has 0 amide bonds. The molecule has 0 spiro atoms. The van der Waals surface area contributed by atoms with Crippen molar-refractivity contribution in [1.82, 2.24) is 0 Å². The molecule has 0 N–H and O–H groups in total. The number of allylic oxidation sites excluding steroid dienone is 1. The van der Waals surface area contributed by atoms with Crippen LogP contribution in [0, 0.1) is 0 Å². The van der Waals surface area contributed by atoms with Gasteiger partial charge in [-0.2, -0.15) is 0 Å². The zero-order valence-corrected chi connectivity index (χ0v) is 8.68. The molecule has 0 aliphatic rings. The Labute approximate surface area is 76.8 Å². The molecular formula is C11H22O. The van der Waals surface area contributed by atoms with Gasteiger partial charge in [0.2, 0.25) is 0 Å². The summed E-state index contributed by atoms with van der Waals surface area (Å²) < 4.78 is 5.80. The average Bonchev–Trinajstić information content (AvgIpc) is 2.10. The monoisotopic (exact) mass is 170 g/mol. The maximum atomic E-state index is 5.80. The zero-order chi connectivity index (χ0) is 9.40. The maximum Gasteiger partial charge on any atom is 0.0573 e. The third-order valence-corrected chi connectivity index (χ3v) is 2.11. The normalized spacial score (nSPS) is 13.3. The molecule has 0 rings (SSSR count). The fourth-order valence-electron chi connectivity index (χ4n) is 1.23. The standard InChI is InChI=1S/C11H22O/c1-5-8-9-10(4)12-11(6-2)7-3/h5,10-11H,1,6-9H2,2-4H3. The fraction of sp³-hybridized carbons (Fsp3) is 0.818. The summed E-state index contributed by atoms with van der Waals surface area (Å²) in [4.78, 5) is 0. The van der Waals surface area contributed by atoms with Gasteiger partial charge in [0.05, 0.1) is 12.2 Å². The Morgan fingerprint density at radius 3 is 2.33 bits per heavy atom. The molecule has 1 unspecified atom stereocenters. The summed E-state index contributed by atoms with van der Waals surface area (Å²) in [6, 6.07) is 0. The summed E-state index contributed by atoms with van der Waals surface area (Å²) in [6.07, 6.45) is 7.18. The highest BCUT2D eigenvalue weighted by Gasteiger charge is 2.08. The van der Waals surface area contributed by atoms with Crippen molar-refractivity contribution >= 4 is 0 Å². The van der Waals surface area contributed by atoms with Crippen molar-refractivity contribution < 1.29 is 4.74 Å². The maximum absolute atomic E-state index is 5.80. The minimum absolute atomic E-state index is 0.382. The van der Waals surface area contributed by atoms with E-state index in [1.165, 1.54) is 0 Å². The number of hydrogen-bond donors (Lipinski definition) is 0. The van der Waals surface area contributed by atoms with Crippen molar-refractivity contribution in [2.24, 2.45) is 0 Å². The van der Waals surface area contributed by atoms with E-state index in [9.17, 15) is 0 Å². The molecule has 1 nitrogen and oxygen atoms in total. The first-order valence-electron chi connectivity index (χ1n) is 5.00. The van der Waals surface area contributed by atoms with Crippen LogP contribution >= 0.6 is 0 Å². The summed E-state index contributed by atoms with van der Waals surface area (Å²) in [5, 5.41) is 0. The van der Waals surface area contributed by atoms with E-state index in [-0.39, 0.29) is 0 Å². The molecule has 0 saturated heterocycles. The van der Waals surface area contributed by atoms with Crippen molar-refractivity contribution in [1.29, 1.82) is 0 Å². The molecule has 0 aromatic carbocycles. The van der Waals surface area contributed by atoms with Crippen LogP contribution < -0.4 is 0 Å². The van der Waals surface area contributed by atoms with Crippen molar-refractivity contribution in [3.8, 4) is 0 Å². The minimum atomic E-state index is 0.382. The van der Waals surface area contributed by atoms with E-state index in [1.54, 1.807) is 0 Å². The minimum Gasteiger partial charge on any atom is -0.375 e. The first-order valence-corrected chi connectivity index (χ1v) is 5.00. The van der Waals surface area contributed by atoms with Crippen molar-refractivity contribution in [3.63, 3.8) is 0 Å². The first kappa shape index (κ1) is 11.7. The average molecular weight is 170 g/mol. The number of hydrogen-bond acceptors (Lipinski definition) is 1. The van der Waals surface area contributed by atoms with Gasteiger partial charge in [0.1, 0.15) is 0 Å². The molecule has 0 aliphatic heterocycles. The molecule has 0 aliphatic carbocycles. The molecule has 0 aromatic heterocycles. The third-order valence-electron chi connectivity index (χ3n) is 2.11. The van der Waals surface area contributed by atoms with E-state index in [4.69, 9.17) is 4.74 Å². The largest absolute Gasteiger partial charge is 0.375 e. The van der Waals surface area contributed by atoms with Crippen LogP contribution in [0.15, 0.2) is 12.7 Å². The Hall–Kier alpha value is -0.300. The molecule has 72 valence electrons. The molecule has 0 fully saturated rings. The summed E-state index contributed by atoms with van der Waals surface area (Å²) >= 11 is 0. The Bertz CT molecular complexity index is 106. The van der Waals surface area contributed by atoms with E-state index in [1.807, 2.05) is 6.08 Å². The second-order valence-corrected chi connectivity index (χ2v) is 3.25. The zero-order valence-electron chi connectivity index (χ0n) is 8.68. The summed E-state index contributed by atoms with van der Waals surface area (Å²) in [6.45, 7) is 10.2. The lowest BCUT2D eigenvalue weighted by molar-refractivity contribution is -0.00906. The smallest absolute Gasteiger partial charge is 0.0573 e. The topological polar surface area (TPSA) is 9.23 Å². The van der Waals surface area contributed by atoms with E-state index in [2.05, 4.69) is 27.4 Å². The van der Waals surface area contributed by atoms with Crippen LogP contribution in [0.5, 0.6) is 0 Å². The molecule has 0 saturated carbocycles. The second kappa shape index (κ2) is 7.35. The van der Waals surface area contributed by atoms with Gasteiger partial charge in [0.15, 0.2) is 0 Å². The second-order valence-electron chi connectivity index (χ2n) is 3.25. The molecule has 1 atom stereocenters. The van der Waals surface area contributed by atoms with Crippen molar-refractivity contribution in [3.05, 3.63) is 12.7 Å². The fourth-order valence-corrected chi connectivity index (χ4v) is 1.23. The van der Waals surface area contributed by atoms with Crippen molar-refractivity contribution in [2.45, 2.75) is 58.7 Å². The highest BCUT2D eigenvalue weighted by Crippen LogP contribution is 2.10. The summed E-state index contributed by atoms with van der Waals surface area (Å²) in [5.41, 5.74) is 0. The Morgan fingerprint density at radius 2 is 1.92 bits per heavy atom. The molecule has 0 aromatic rings. The summed E-state index contributed by atoms with van der Waals surface area (Å²) in [7, 11) is 0. The van der Waals surface area contributed by atoms with E-state index in [0.29, 0.717) is 12.2 Å². The molecule has 0 heterocycles. The Balaban J connectivity index is 3.50. The van der Waals surface area contributed by atoms with Gasteiger partial charge in [-0.3, -0.25) is 0 Å². The van der Waals surface area contributed by atoms with Crippen LogP contribution in [0.3, 0.4) is 0 Å². The SMILES string of the molecule is C=CCCC(C)OC(CC)CC. The Morgan fingerprint density at radius 1 is 1.33 bits per heavy atom. The van der Waals surface area contributed by atoms with Crippen LogP contribution in [0.1, 0.15) is 46.5 Å². The molecule has 0 radical (unpaired) electrons. The lowest BCUT2D eigenvalue weighted by Crippen LogP contribution is -2.18. The van der Waals surface area contributed by atoms with Gasteiger partial charge in [0, 0.05) is 0 Å². The third kappa shape index (κ3) is 5.36. The van der Waals surface area contributed by atoms with E-state index < -0.39 is 0 Å². The van der Waals surface area contributed by atoms with Crippen LogP contribution in [0.2, 0.25) is 0 Å². The van der Waals surface area contributed by atoms with Crippen LogP contribution in [0.25, 0.3) is 0 Å². The van der Waals surface area contributed by atoms with E-state index >= 15 is 0 Å². The first-order chi connectivity index (χ1) is 5.74. The van der Waals surface area contributed by atoms with Gasteiger partial charge >= 0.3 is 0 Å². The lowest BCUT2D eigenvalue weighted by Gasteiger charge is -2.19. The molecule has 1 heteroatoms. The lowest BCUT2D eigenvalue weighted by atomic mass is 10.2. The van der Waals surface area contributed by atoms with Crippen LogP contribution in [0.4, 0.5) is 0 Å². The van der Waals surface area contributed by atoms with Gasteiger partial charge < -0.3 is 4.74 Å². The van der Waals surface area contributed by atoms with Crippen molar-refractivity contribution in [2.75, 3.05) is 0 Å². The van der Waals surface area contributed by atoms with Gasteiger partial charge in [-0.1, -0.05) is 19.9 Å². The summed E-state index contributed by atoms with van der Waals surface area (Å²) in [5.74, 6) is 0. The van der Waals surface area contributed by atoms with Crippen LogP contribution in [-0.4, -0.2) is 12.2 Å². The Kier molecular flexibility index (Phi) is 7.17. The quantitative estimate of drug-likeness (QED) is 0.531. The van der Waals surface area contributed by atoms with Gasteiger partial charge in [-0.15, -0.1) is 6.58 Å². The molecule has 12 heavy (non-hydrogen) atoms. The predicted octanol–water partition coefficient (Wildman–Crippen LogP) is 3.55.